The molecule has 0 radical (unpaired) electrons. The van der Waals surface area contributed by atoms with Crippen molar-refractivity contribution in [2.45, 2.75) is 13.8 Å². The Labute approximate surface area is 156 Å². The average Bonchev–Trinajstić information content (AvgIpc) is 2.62. The van der Waals surface area contributed by atoms with E-state index >= 15 is 0 Å². The quantitative estimate of drug-likeness (QED) is 0.811. The van der Waals surface area contributed by atoms with Crippen LogP contribution in [0.15, 0.2) is 24.3 Å². The molecule has 2 aromatic rings. The fourth-order valence-electron chi connectivity index (χ4n) is 3.18. The minimum Gasteiger partial charge on any atom is -0.367 e. The van der Waals surface area contributed by atoms with Crippen LogP contribution in [0, 0.1) is 31.0 Å². The van der Waals surface area contributed by atoms with Crippen LogP contribution < -0.4 is 4.90 Å². The molecular weight excluding hydrogens is 355 g/mol. The highest BCUT2D eigenvalue weighted by molar-refractivity contribution is 6.31. The van der Waals surface area contributed by atoms with E-state index in [2.05, 4.69) is 16.0 Å². The summed E-state index contributed by atoms with van der Waals surface area (Å²) in [5, 5.41) is 9.76. The molecule has 26 heavy (non-hydrogen) atoms. The summed E-state index contributed by atoms with van der Waals surface area (Å²) in [5.41, 5.74) is 2.91. The Morgan fingerprint density at radius 2 is 1.92 bits per heavy atom. The van der Waals surface area contributed by atoms with Crippen LogP contribution in [-0.4, -0.2) is 42.0 Å². The third-order valence-corrected chi connectivity index (χ3v) is 4.72. The van der Waals surface area contributed by atoms with Crippen molar-refractivity contribution in [1.82, 2.24) is 9.88 Å². The SMILES string of the molecule is Cc1cc(N2CCN(C(=O)c3cc(Cl)ccc3F)CC2)c(C#N)c(C)n1. The number of nitrogens with zero attached hydrogens (tertiary/aromatic N) is 4. The van der Waals surface area contributed by atoms with Gasteiger partial charge < -0.3 is 9.80 Å². The first-order valence-electron chi connectivity index (χ1n) is 8.28. The van der Waals surface area contributed by atoms with Crippen molar-refractivity contribution in [3.8, 4) is 6.07 Å². The summed E-state index contributed by atoms with van der Waals surface area (Å²) in [7, 11) is 0. The second-order valence-electron chi connectivity index (χ2n) is 6.26. The number of aryl methyl sites for hydroxylation is 2. The Morgan fingerprint density at radius 3 is 2.58 bits per heavy atom. The molecule has 3 rings (SSSR count). The van der Waals surface area contributed by atoms with Crippen LogP contribution in [0.25, 0.3) is 0 Å². The van der Waals surface area contributed by atoms with Crippen LogP contribution in [-0.2, 0) is 0 Å². The highest BCUT2D eigenvalue weighted by Gasteiger charge is 2.26. The molecule has 0 saturated carbocycles. The van der Waals surface area contributed by atoms with Crippen molar-refractivity contribution in [1.29, 1.82) is 5.26 Å². The van der Waals surface area contributed by atoms with Gasteiger partial charge in [0, 0.05) is 36.9 Å². The van der Waals surface area contributed by atoms with Gasteiger partial charge in [-0.15, -0.1) is 0 Å². The molecule has 1 aromatic carbocycles. The van der Waals surface area contributed by atoms with E-state index in [4.69, 9.17) is 11.6 Å². The highest BCUT2D eigenvalue weighted by Crippen LogP contribution is 2.25. The fourth-order valence-corrected chi connectivity index (χ4v) is 3.35. The summed E-state index contributed by atoms with van der Waals surface area (Å²) in [5.74, 6) is -0.943. The number of pyridine rings is 1. The number of rotatable bonds is 2. The first-order valence-corrected chi connectivity index (χ1v) is 8.66. The molecule has 0 N–H and O–H groups in total. The maximum absolute atomic E-state index is 13.9. The predicted molar refractivity (Wildman–Crippen MR) is 98.0 cm³/mol. The number of halogens is 2. The lowest BCUT2D eigenvalue weighted by Gasteiger charge is -2.36. The number of benzene rings is 1. The summed E-state index contributed by atoms with van der Waals surface area (Å²) < 4.78 is 13.9. The second kappa shape index (κ2) is 7.30. The van der Waals surface area contributed by atoms with Gasteiger partial charge in [0.1, 0.15) is 11.9 Å². The van der Waals surface area contributed by atoms with E-state index in [-0.39, 0.29) is 11.5 Å². The monoisotopic (exact) mass is 372 g/mol. The standard InChI is InChI=1S/C19H18ClFN4O/c1-12-9-18(16(11-22)13(2)23-12)24-5-7-25(8-6-24)19(26)15-10-14(20)3-4-17(15)21/h3-4,9-10H,5-8H2,1-2H3. The third-order valence-electron chi connectivity index (χ3n) is 4.49. The van der Waals surface area contributed by atoms with Gasteiger partial charge in [0.05, 0.1) is 22.5 Å². The maximum atomic E-state index is 13.9. The van der Waals surface area contributed by atoms with Crippen molar-refractivity contribution in [2.75, 3.05) is 31.1 Å². The number of amides is 1. The van der Waals surface area contributed by atoms with Gasteiger partial charge in [-0.1, -0.05) is 11.6 Å². The molecule has 0 atom stereocenters. The summed E-state index contributed by atoms with van der Waals surface area (Å²) in [6.07, 6.45) is 0. The number of nitriles is 1. The van der Waals surface area contributed by atoms with E-state index in [9.17, 15) is 14.4 Å². The van der Waals surface area contributed by atoms with E-state index in [0.29, 0.717) is 42.5 Å². The summed E-state index contributed by atoms with van der Waals surface area (Å²) >= 11 is 5.88. The van der Waals surface area contributed by atoms with Crippen LogP contribution in [0.2, 0.25) is 5.02 Å². The van der Waals surface area contributed by atoms with Crippen molar-refractivity contribution in [3.05, 3.63) is 57.6 Å². The maximum Gasteiger partial charge on any atom is 0.257 e. The third kappa shape index (κ3) is 3.49. The van der Waals surface area contributed by atoms with E-state index in [1.54, 1.807) is 4.90 Å². The molecule has 134 valence electrons. The molecule has 0 unspecified atom stereocenters. The van der Waals surface area contributed by atoms with Crippen molar-refractivity contribution in [3.63, 3.8) is 0 Å². The first-order chi connectivity index (χ1) is 12.4. The molecule has 2 heterocycles. The van der Waals surface area contributed by atoms with Gasteiger partial charge in [-0.3, -0.25) is 9.78 Å². The zero-order chi connectivity index (χ0) is 18.8. The number of aromatic nitrogens is 1. The van der Waals surface area contributed by atoms with Crippen molar-refractivity contribution < 1.29 is 9.18 Å². The normalized spacial score (nSPS) is 14.3. The average molecular weight is 373 g/mol. The Kier molecular flexibility index (Phi) is 5.10. The molecule has 5 nitrogen and oxygen atoms in total. The largest absolute Gasteiger partial charge is 0.367 e. The first kappa shape index (κ1) is 18.2. The Bertz CT molecular complexity index is 901. The number of hydrogen-bond donors (Lipinski definition) is 0. The second-order valence-corrected chi connectivity index (χ2v) is 6.69. The van der Waals surface area contributed by atoms with Crippen LogP contribution in [0.1, 0.15) is 27.3 Å². The van der Waals surface area contributed by atoms with Crippen LogP contribution in [0.4, 0.5) is 10.1 Å². The van der Waals surface area contributed by atoms with E-state index in [0.717, 1.165) is 11.4 Å². The van der Waals surface area contributed by atoms with Gasteiger partial charge >= 0.3 is 0 Å². The molecule has 0 bridgehead atoms. The molecule has 1 fully saturated rings. The van der Waals surface area contributed by atoms with Gasteiger partial charge in [0.2, 0.25) is 0 Å². The molecule has 0 spiro atoms. The van der Waals surface area contributed by atoms with Gasteiger partial charge in [-0.2, -0.15) is 5.26 Å². The van der Waals surface area contributed by atoms with Crippen molar-refractivity contribution in [2.24, 2.45) is 0 Å². The molecule has 1 saturated heterocycles. The molecule has 0 aliphatic carbocycles. The molecular formula is C19H18ClFN4O. The summed E-state index contributed by atoms with van der Waals surface area (Å²) in [6.45, 7) is 5.71. The Morgan fingerprint density at radius 1 is 1.23 bits per heavy atom. The lowest BCUT2D eigenvalue weighted by molar-refractivity contribution is 0.0742. The van der Waals surface area contributed by atoms with Gasteiger partial charge in [0.25, 0.3) is 5.91 Å². The fraction of sp³-hybridized carbons (Fsp3) is 0.316. The number of carbonyl (C=O) groups excluding carboxylic acids is 1. The van der Waals surface area contributed by atoms with Gasteiger partial charge in [-0.25, -0.2) is 4.39 Å². The summed E-state index contributed by atoms with van der Waals surface area (Å²) in [6, 6.07) is 8.08. The molecule has 1 amide bonds. The summed E-state index contributed by atoms with van der Waals surface area (Å²) in [4.78, 5) is 20.6. The zero-order valence-electron chi connectivity index (χ0n) is 14.6. The van der Waals surface area contributed by atoms with Crippen LogP contribution >= 0.6 is 11.6 Å². The topological polar surface area (TPSA) is 60.2 Å². The highest BCUT2D eigenvalue weighted by atomic mass is 35.5. The molecule has 1 aliphatic heterocycles. The number of hydrogen-bond acceptors (Lipinski definition) is 4. The minimum atomic E-state index is -0.575. The smallest absolute Gasteiger partial charge is 0.257 e. The van der Waals surface area contributed by atoms with Crippen molar-refractivity contribution >= 4 is 23.2 Å². The van der Waals surface area contributed by atoms with Gasteiger partial charge in [0.15, 0.2) is 0 Å². The molecule has 7 heteroatoms. The van der Waals surface area contributed by atoms with E-state index < -0.39 is 5.82 Å². The molecule has 1 aromatic heterocycles. The Balaban J connectivity index is 1.77. The number of carbonyl (C=O) groups is 1. The van der Waals surface area contributed by atoms with Crippen LogP contribution in [0.5, 0.6) is 0 Å². The Hall–Kier alpha value is -2.65. The zero-order valence-corrected chi connectivity index (χ0v) is 15.3. The number of anilines is 1. The number of piperazine rings is 1. The lowest BCUT2D eigenvalue weighted by atomic mass is 10.1. The van der Waals surface area contributed by atoms with E-state index in [1.165, 1.54) is 18.2 Å². The van der Waals surface area contributed by atoms with Gasteiger partial charge in [-0.05, 0) is 38.1 Å². The van der Waals surface area contributed by atoms with Crippen LogP contribution in [0.3, 0.4) is 0 Å². The van der Waals surface area contributed by atoms with E-state index in [1.807, 2.05) is 19.9 Å². The predicted octanol–water partition coefficient (Wildman–Crippen LogP) is 3.33. The molecule has 1 aliphatic rings. The minimum absolute atomic E-state index is 0.0146. The lowest BCUT2D eigenvalue weighted by Crippen LogP contribution is -2.49.